The van der Waals surface area contributed by atoms with Crippen LogP contribution in [0, 0.1) is 0 Å². The molecule has 7 heteroatoms. The average molecular weight is 446 g/mol. The molecule has 0 aromatic heterocycles. The van der Waals surface area contributed by atoms with Gasteiger partial charge in [-0.05, 0) is 65.6 Å². The van der Waals surface area contributed by atoms with Crippen LogP contribution >= 0.6 is 0 Å². The highest BCUT2D eigenvalue weighted by molar-refractivity contribution is 5.95. The number of amides is 3. The molecule has 2 N–H and O–H groups in total. The summed E-state index contributed by atoms with van der Waals surface area (Å²) in [5, 5.41) is 5.82. The van der Waals surface area contributed by atoms with Crippen molar-refractivity contribution in [1.29, 1.82) is 0 Å². The molecule has 170 valence electrons. The molecule has 0 bridgehead atoms. The molecular formula is C26H27N3O4. The van der Waals surface area contributed by atoms with E-state index < -0.39 is 0 Å². The molecular weight excluding hydrogens is 418 g/mol. The third-order valence-corrected chi connectivity index (χ3v) is 5.69. The number of carbonyl (C=O) groups is 2. The molecule has 0 aliphatic carbocycles. The van der Waals surface area contributed by atoms with Crippen molar-refractivity contribution in [3.8, 4) is 11.5 Å². The minimum atomic E-state index is -0.176. The van der Waals surface area contributed by atoms with E-state index in [0.29, 0.717) is 37.3 Å². The van der Waals surface area contributed by atoms with Gasteiger partial charge >= 0.3 is 6.03 Å². The summed E-state index contributed by atoms with van der Waals surface area (Å²) < 4.78 is 10.6. The number of hydrogen-bond donors (Lipinski definition) is 2. The van der Waals surface area contributed by atoms with Crippen molar-refractivity contribution in [2.45, 2.75) is 19.5 Å². The summed E-state index contributed by atoms with van der Waals surface area (Å²) in [6.45, 7) is 1.65. The summed E-state index contributed by atoms with van der Waals surface area (Å²) in [6, 6.07) is 20.4. The number of fused-ring (bicyclic) bond motifs is 1. The highest BCUT2D eigenvalue weighted by atomic mass is 16.5. The molecule has 7 nitrogen and oxygen atoms in total. The second kappa shape index (κ2) is 10.1. The van der Waals surface area contributed by atoms with Crippen molar-refractivity contribution in [2.75, 3.05) is 26.1 Å². The monoisotopic (exact) mass is 445 g/mol. The van der Waals surface area contributed by atoms with Crippen LogP contribution < -0.4 is 20.1 Å². The standard InChI is InChI=1S/C26H27N3O4/c1-32-23-11-12-24(33-2)19(15-23)13-14-27-25(30)18-7-9-22(10-8-18)28-26(31)29-16-20-5-3-4-6-21(20)17-29/h3-12,15H,13-14,16-17H2,1-2H3,(H,27,30)(H,28,31). The maximum atomic E-state index is 12.6. The number of urea groups is 1. The van der Waals surface area contributed by atoms with Crippen molar-refractivity contribution in [3.63, 3.8) is 0 Å². The van der Waals surface area contributed by atoms with Gasteiger partial charge in [-0.25, -0.2) is 4.79 Å². The molecule has 3 amide bonds. The average Bonchev–Trinajstić information content (AvgIpc) is 3.29. The zero-order chi connectivity index (χ0) is 23.2. The number of anilines is 1. The van der Waals surface area contributed by atoms with Crippen LogP contribution in [0.25, 0.3) is 0 Å². The Balaban J connectivity index is 1.28. The molecule has 1 aliphatic heterocycles. The van der Waals surface area contributed by atoms with Gasteiger partial charge in [0.05, 0.1) is 14.2 Å². The number of carbonyl (C=O) groups excluding carboxylic acids is 2. The Morgan fingerprint density at radius 2 is 1.61 bits per heavy atom. The van der Waals surface area contributed by atoms with E-state index in [-0.39, 0.29) is 11.9 Å². The zero-order valence-corrected chi connectivity index (χ0v) is 18.8. The van der Waals surface area contributed by atoms with Gasteiger partial charge in [0.25, 0.3) is 5.91 Å². The predicted molar refractivity (Wildman–Crippen MR) is 127 cm³/mol. The number of ether oxygens (including phenoxy) is 2. The van der Waals surface area contributed by atoms with Gasteiger partial charge in [-0.1, -0.05) is 24.3 Å². The number of nitrogens with zero attached hydrogens (tertiary/aromatic N) is 1. The molecule has 4 rings (SSSR count). The van der Waals surface area contributed by atoms with E-state index in [9.17, 15) is 9.59 Å². The highest BCUT2D eigenvalue weighted by Gasteiger charge is 2.22. The summed E-state index contributed by atoms with van der Waals surface area (Å²) in [7, 11) is 3.23. The van der Waals surface area contributed by atoms with E-state index in [1.807, 2.05) is 42.5 Å². The number of methoxy groups -OCH3 is 2. The Labute approximate surface area is 193 Å². The second-order valence-corrected chi connectivity index (χ2v) is 7.82. The van der Waals surface area contributed by atoms with Crippen LogP contribution in [0.1, 0.15) is 27.0 Å². The molecule has 0 spiro atoms. The summed E-state index contributed by atoms with van der Waals surface area (Å²) in [5.41, 5.74) is 4.48. The van der Waals surface area contributed by atoms with Crippen LogP contribution in [-0.2, 0) is 19.5 Å². The number of hydrogen-bond acceptors (Lipinski definition) is 4. The van der Waals surface area contributed by atoms with Crippen LogP contribution in [0.4, 0.5) is 10.5 Å². The number of rotatable bonds is 7. The molecule has 0 radical (unpaired) electrons. The van der Waals surface area contributed by atoms with Gasteiger partial charge in [-0.15, -0.1) is 0 Å². The second-order valence-electron chi connectivity index (χ2n) is 7.82. The van der Waals surface area contributed by atoms with Crippen molar-refractivity contribution < 1.29 is 19.1 Å². The largest absolute Gasteiger partial charge is 0.497 e. The molecule has 0 unspecified atom stereocenters. The normalized spacial score (nSPS) is 12.1. The molecule has 33 heavy (non-hydrogen) atoms. The molecule has 0 fully saturated rings. The lowest BCUT2D eigenvalue weighted by atomic mass is 10.1. The van der Waals surface area contributed by atoms with Gasteiger partial charge in [-0.3, -0.25) is 4.79 Å². The minimum absolute atomic E-state index is 0.157. The van der Waals surface area contributed by atoms with E-state index in [1.54, 1.807) is 43.4 Å². The zero-order valence-electron chi connectivity index (χ0n) is 18.8. The fourth-order valence-corrected chi connectivity index (χ4v) is 3.87. The van der Waals surface area contributed by atoms with Gasteiger partial charge in [0.1, 0.15) is 11.5 Å². The predicted octanol–water partition coefficient (Wildman–Crippen LogP) is 4.22. The third-order valence-electron chi connectivity index (χ3n) is 5.69. The molecule has 0 atom stereocenters. The topological polar surface area (TPSA) is 79.9 Å². The molecule has 3 aromatic rings. The summed E-state index contributed by atoms with van der Waals surface area (Å²) in [4.78, 5) is 26.9. The lowest BCUT2D eigenvalue weighted by molar-refractivity contribution is 0.0954. The molecule has 0 saturated carbocycles. The Kier molecular flexibility index (Phi) is 6.78. The van der Waals surface area contributed by atoms with Crippen molar-refractivity contribution in [3.05, 3.63) is 89.0 Å². The Morgan fingerprint density at radius 3 is 2.24 bits per heavy atom. The van der Waals surface area contributed by atoms with Crippen LogP contribution in [-0.4, -0.2) is 37.6 Å². The van der Waals surface area contributed by atoms with E-state index in [2.05, 4.69) is 10.6 Å². The fourth-order valence-electron chi connectivity index (χ4n) is 3.87. The lowest BCUT2D eigenvalue weighted by Gasteiger charge is -2.16. The van der Waals surface area contributed by atoms with Gasteiger partial charge in [0, 0.05) is 30.9 Å². The first-order chi connectivity index (χ1) is 16.1. The van der Waals surface area contributed by atoms with Crippen molar-refractivity contribution in [2.24, 2.45) is 0 Å². The number of benzene rings is 3. The summed E-state index contributed by atoms with van der Waals surface area (Å²) >= 11 is 0. The molecule has 1 heterocycles. The van der Waals surface area contributed by atoms with Crippen LogP contribution in [0.5, 0.6) is 11.5 Å². The van der Waals surface area contributed by atoms with Crippen LogP contribution in [0.15, 0.2) is 66.7 Å². The molecule has 0 saturated heterocycles. The maximum absolute atomic E-state index is 12.6. The smallest absolute Gasteiger partial charge is 0.322 e. The quantitative estimate of drug-likeness (QED) is 0.571. The van der Waals surface area contributed by atoms with Gasteiger partial charge in [-0.2, -0.15) is 0 Å². The SMILES string of the molecule is COc1ccc(OC)c(CCNC(=O)c2ccc(NC(=O)N3Cc4ccccc4C3)cc2)c1. The first-order valence-corrected chi connectivity index (χ1v) is 10.8. The maximum Gasteiger partial charge on any atom is 0.322 e. The Hall–Kier alpha value is -4.00. The Bertz CT molecular complexity index is 1120. The van der Waals surface area contributed by atoms with Crippen LogP contribution in [0.3, 0.4) is 0 Å². The van der Waals surface area contributed by atoms with Crippen molar-refractivity contribution >= 4 is 17.6 Å². The highest BCUT2D eigenvalue weighted by Crippen LogP contribution is 2.25. The van der Waals surface area contributed by atoms with E-state index in [4.69, 9.17) is 9.47 Å². The summed E-state index contributed by atoms with van der Waals surface area (Å²) in [6.07, 6.45) is 0.610. The van der Waals surface area contributed by atoms with Gasteiger partial charge in [0.15, 0.2) is 0 Å². The van der Waals surface area contributed by atoms with Crippen molar-refractivity contribution in [1.82, 2.24) is 10.2 Å². The van der Waals surface area contributed by atoms with E-state index in [1.165, 1.54) is 11.1 Å². The first-order valence-electron chi connectivity index (χ1n) is 10.8. The lowest BCUT2D eigenvalue weighted by Crippen LogP contribution is -2.30. The fraction of sp³-hybridized carbons (Fsp3) is 0.231. The van der Waals surface area contributed by atoms with E-state index >= 15 is 0 Å². The number of nitrogens with one attached hydrogen (secondary N) is 2. The van der Waals surface area contributed by atoms with Gasteiger partial charge < -0.3 is 25.0 Å². The third kappa shape index (κ3) is 5.26. The van der Waals surface area contributed by atoms with E-state index in [0.717, 1.165) is 17.1 Å². The Morgan fingerprint density at radius 1 is 0.909 bits per heavy atom. The first kappa shape index (κ1) is 22.2. The van der Waals surface area contributed by atoms with Gasteiger partial charge in [0.2, 0.25) is 0 Å². The van der Waals surface area contributed by atoms with Crippen LogP contribution in [0.2, 0.25) is 0 Å². The molecule has 1 aliphatic rings. The minimum Gasteiger partial charge on any atom is -0.497 e. The molecule has 3 aromatic carbocycles. The summed E-state index contributed by atoms with van der Waals surface area (Å²) in [5.74, 6) is 1.32.